The minimum atomic E-state index is 0.0198. The highest BCUT2D eigenvalue weighted by atomic mass is 16.2. The molecule has 0 bridgehead atoms. The fourth-order valence-corrected chi connectivity index (χ4v) is 4.06. The Balaban J connectivity index is 1.76. The van der Waals surface area contributed by atoms with Gasteiger partial charge >= 0.3 is 0 Å². The first-order valence-corrected chi connectivity index (χ1v) is 10.4. The van der Waals surface area contributed by atoms with Gasteiger partial charge in [-0.2, -0.15) is 5.10 Å². The molecule has 3 rings (SSSR count). The van der Waals surface area contributed by atoms with Gasteiger partial charge in [-0.1, -0.05) is 44.2 Å². The lowest BCUT2D eigenvalue weighted by molar-refractivity contribution is 0.0819. The van der Waals surface area contributed by atoms with E-state index in [1.807, 2.05) is 14.1 Å². The Labute approximate surface area is 169 Å². The summed E-state index contributed by atoms with van der Waals surface area (Å²) in [6.45, 7) is 6.30. The van der Waals surface area contributed by atoms with E-state index in [9.17, 15) is 4.79 Å². The molecule has 5 heteroatoms. The summed E-state index contributed by atoms with van der Waals surface area (Å²) in [7, 11) is 5.83. The maximum Gasteiger partial charge on any atom is 0.274 e. The fourth-order valence-electron chi connectivity index (χ4n) is 4.06. The van der Waals surface area contributed by atoms with Crippen LogP contribution in [0.5, 0.6) is 0 Å². The molecule has 5 nitrogen and oxygen atoms in total. The molecule has 1 aliphatic rings. The van der Waals surface area contributed by atoms with E-state index in [2.05, 4.69) is 60.8 Å². The molecule has 2 aromatic rings. The zero-order chi connectivity index (χ0) is 20.3. The Kier molecular flexibility index (Phi) is 6.55. The lowest BCUT2D eigenvalue weighted by Crippen LogP contribution is -2.38. The summed E-state index contributed by atoms with van der Waals surface area (Å²) in [5, 5.41) is 4.75. The maximum atomic E-state index is 12.7. The molecule has 0 unspecified atom stereocenters. The van der Waals surface area contributed by atoms with Gasteiger partial charge in [-0.25, -0.2) is 0 Å². The van der Waals surface area contributed by atoms with Crippen molar-refractivity contribution in [2.75, 3.05) is 27.7 Å². The van der Waals surface area contributed by atoms with Gasteiger partial charge in [0.1, 0.15) is 0 Å². The normalized spacial score (nSPS) is 16.5. The number of hydrogen-bond acceptors (Lipinski definition) is 3. The van der Waals surface area contributed by atoms with E-state index in [-0.39, 0.29) is 5.91 Å². The van der Waals surface area contributed by atoms with Gasteiger partial charge in [-0.15, -0.1) is 0 Å². The topological polar surface area (TPSA) is 41.4 Å². The van der Waals surface area contributed by atoms with Gasteiger partial charge in [0.15, 0.2) is 5.69 Å². The molecule has 1 heterocycles. The number of likely N-dealkylation sites (N-methyl/N-ethyl adjacent to an activating group) is 1. The Bertz CT molecular complexity index is 794. The van der Waals surface area contributed by atoms with E-state index >= 15 is 0 Å². The van der Waals surface area contributed by atoms with Crippen LogP contribution in [0.3, 0.4) is 0 Å². The molecule has 0 N–H and O–H groups in total. The number of carbonyl (C=O) groups excluding carboxylic acids is 1. The number of aromatic nitrogens is 2. The lowest BCUT2D eigenvalue weighted by atomic mass is 9.90. The van der Waals surface area contributed by atoms with Crippen LogP contribution in [0.15, 0.2) is 30.3 Å². The van der Waals surface area contributed by atoms with Gasteiger partial charge in [0.2, 0.25) is 0 Å². The predicted molar refractivity (Wildman–Crippen MR) is 114 cm³/mol. The molecule has 152 valence electrons. The third kappa shape index (κ3) is 4.64. The van der Waals surface area contributed by atoms with E-state index in [0.717, 1.165) is 38.8 Å². The molecular formula is C23H34N4O. The molecule has 0 aliphatic heterocycles. The van der Waals surface area contributed by atoms with Gasteiger partial charge < -0.3 is 9.80 Å². The van der Waals surface area contributed by atoms with Crippen LogP contribution < -0.4 is 0 Å². The molecule has 0 fully saturated rings. The number of fused-ring (bicyclic) bond motifs is 1. The van der Waals surface area contributed by atoms with E-state index in [1.165, 1.54) is 16.8 Å². The predicted octanol–water partition coefficient (Wildman–Crippen LogP) is 3.27. The highest BCUT2D eigenvalue weighted by Crippen LogP contribution is 2.28. The van der Waals surface area contributed by atoms with E-state index < -0.39 is 0 Å². The SMILES string of the molecule is CC(C)Cn1nc(C(=O)N(C)C)c2c1CC[C@@H](N(C)CCc1ccccc1)C2. The fraction of sp³-hybridized carbons (Fsp3) is 0.565. The average molecular weight is 383 g/mol. The van der Waals surface area contributed by atoms with Crippen molar-refractivity contribution in [3.05, 3.63) is 52.8 Å². The number of benzene rings is 1. The number of carbonyl (C=O) groups is 1. The monoisotopic (exact) mass is 382 g/mol. The smallest absolute Gasteiger partial charge is 0.274 e. The minimum Gasteiger partial charge on any atom is -0.343 e. The summed E-state index contributed by atoms with van der Waals surface area (Å²) in [6, 6.07) is 11.1. The number of rotatable bonds is 7. The van der Waals surface area contributed by atoms with Crippen molar-refractivity contribution in [3.63, 3.8) is 0 Å². The van der Waals surface area contributed by atoms with Crippen LogP contribution in [-0.2, 0) is 25.8 Å². The van der Waals surface area contributed by atoms with E-state index in [1.54, 1.807) is 4.90 Å². The molecule has 0 spiro atoms. The van der Waals surface area contributed by atoms with E-state index in [4.69, 9.17) is 5.10 Å². The molecule has 0 saturated carbocycles. The van der Waals surface area contributed by atoms with Gasteiger partial charge in [-0.05, 0) is 44.2 Å². The third-order valence-electron chi connectivity index (χ3n) is 5.69. The largest absolute Gasteiger partial charge is 0.343 e. The van der Waals surface area contributed by atoms with Crippen molar-refractivity contribution in [1.29, 1.82) is 0 Å². The summed E-state index contributed by atoms with van der Waals surface area (Å²) >= 11 is 0. The molecular weight excluding hydrogens is 348 g/mol. The van der Waals surface area contributed by atoms with Crippen LogP contribution in [0.2, 0.25) is 0 Å². The quantitative estimate of drug-likeness (QED) is 0.738. The Morgan fingerprint density at radius 3 is 2.57 bits per heavy atom. The highest BCUT2D eigenvalue weighted by Gasteiger charge is 2.31. The first kappa shape index (κ1) is 20.6. The second-order valence-electron chi connectivity index (χ2n) is 8.66. The molecule has 1 amide bonds. The molecule has 0 radical (unpaired) electrons. The average Bonchev–Trinajstić information content (AvgIpc) is 3.03. The summed E-state index contributed by atoms with van der Waals surface area (Å²) in [5.74, 6) is 0.531. The van der Waals surface area contributed by atoms with Crippen molar-refractivity contribution in [2.24, 2.45) is 5.92 Å². The van der Waals surface area contributed by atoms with Crippen LogP contribution in [0.4, 0.5) is 0 Å². The molecule has 28 heavy (non-hydrogen) atoms. The van der Waals surface area contributed by atoms with Crippen molar-refractivity contribution in [2.45, 2.75) is 52.1 Å². The summed E-state index contributed by atoms with van der Waals surface area (Å²) < 4.78 is 2.09. The molecule has 1 aromatic heterocycles. The maximum absolute atomic E-state index is 12.7. The zero-order valence-corrected chi connectivity index (χ0v) is 18.0. The summed E-state index contributed by atoms with van der Waals surface area (Å²) in [5.41, 5.74) is 4.47. The van der Waals surface area contributed by atoms with Crippen molar-refractivity contribution < 1.29 is 4.79 Å². The van der Waals surface area contributed by atoms with Gasteiger partial charge in [0.05, 0.1) is 0 Å². The third-order valence-corrected chi connectivity index (χ3v) is 5.69. The molecule has 0 saturated heterocycles. The zero-order valence-electron chi connectivity index (χ0n) is 18.0. The van der Waals surface area contributed by atoms with E-state index in [0.29, 0.717) is 17.7 Å². The second-order valence-corrected chi connectivity index (χ2v) is 8.66. The van der Waals surface area contributed by atoms with Crippen LogP contribution in [0.1, 0.15) is 47.6 Å². The van der Waals surface area contributed by atoms with Crippen LogP contribution in [0.25, 0.3) is 0 Å². The standard InChI is InChI=1S/C23H34N4O/c1-17(2)16-27-21-12-11-19(15-20(21)22(24-27)23(28)25(3)4)26(5)14-13-18-9-7-6-8-10-18/h6-10,17,19H,11-16H2,1-5H3/t19-/m1/s1. The van der Waals surface area contributed by atoms with Crippen molar-refractivity contribution >= 4 is 5.91 Å². The molecule has 1 aromatic carbocycles. The van der Waals surface area contributed by atoms with Crippen LogP contribution in [-0.4, -0.2) is 59.2 Å². The first-order valence-electron chi connectivity index (χ1n) is 10.4. The second kappa shape index (κ2) is 8.91. The van der Waals surface area contributed by atoms with Crippen LogP contribution in [0, 0.1) is 5.92 Å². The first-order chi connectivity index (χ1) is 13.4. The summed E-state index contributed by atoms with van der Waals surface area (Å²) in [6.07, 6.45) is 4.08. The number of nitrogens with zero attached hydrogens (tertiary/aromatic N) is 4. The minimum absolute atomic E-state index is 0.0198. The molecule has 1 aliphatic carbocycles. The Morgan fingerprint density at radius 2 is 1.93 bits per heavy atom. The lowest BCUT2D eigenvalue weighted by Gasteiger charge is -2.32. The van der Waals surface area contributed by atoms with Gasteiger partial charge in [-0.3, -0.25) is 9.48 Å². The number of amides is 1. The Morgan fingerprint density at radius 1 is 1.21 bits per heavy atom. The number of hydrogen-bond donors (Lipinski definition) is 0. The van der Waals surface area contributed by atoms with Crippen molar-refractivity contribution in [1.82, 2.24) is 19.6 Å². The molecule has 1 atom stereocenters. The van der Waals surface area contributed by atoms with Crippen LogP contribution >= 0.6 is 0 Å². The van der Waals surface area contributed by atoms with Gasteiger partial charge in [0, 0.05) is 44.5 Å². The van der Waals surface area contributed by atoms with Crippen molar-refractivity contribution in [3.8, 4) is 0 Å². The van der Waals surface area contributed by atoms with Gasteiger partial charge in [0.25, 0.3) is 5.91 Å². The summed E-state index contributed by atoms with van der Waals surface area (Å²) in [4.78, 5) is 16.8. The Hall–Kier alpha value is -2.14. The highest BCUT2D eigenvalue weighted by molar-refractivity contribution is 5.93.